The molecule has 0 spiro atoms. The van der Waals surface area contributed by atoms with Gasteiger partial charge in [0.1, 0.15) is 5.82 Å². The molecule has 2 aliphatic rings. The molecular weight excluding hydrogens is 242 g/mol. The smallest absolute Gasteiger partial charge is 0.112 e. The molecule has 1 fully saturated rings. The zero-order valence-corrected chi connectivity index (χ0v) is 11.8. The van der Waals surface area contributed by atoms with Crippen molar-refractivity contribution in [1.29, 1.82) is 0 Å². The molecule has 5 nitrogen and oxygen atoms in total. The van der Waals surface area contributed by atoms with Crippen molar-refractivity contribution in [3.05, 3.63) is 17.2 Å². The van der Waals surface area contributed by atoms with E-state index in [1.54, 1.807) is 14.2 Å². The van der Waals surface area contributed by atoms with Gasteiger partial charge in [-0.05, 0) is 12.8 Å². The topological polar surface area (TPSA) is 48.3 Å². The minimum atomic E-state index is 0.107. The van der Waals surface area contributed by atoms with Gasteiger partial charge in [-0.2, -0.15) is 0 Å². The summed E-state index contributed by atoms with van der Waals surface area (Å²) in [5.41, 5.74) is 2.64. The van der Waals surface area contributed by atoms with Crippen molar-refractivity contribution in [2.45, 2.75) is 44.4 Å². The third-order valence-electron chi connectivity index (χ3n) is 4.03. The average molecular weight is 265 g/mol. The van der Waals surface area contributed by atoms with Crippen LogP contribution in [0.2, 0.25) is 0 Å². The first-order chi connectivity index (χ1) is 9.33. The van der Waals surface area contributed by atoms with Crippen LogP contribution in [-0.2, 0) is 29.0 Å². The van der Waals surface area contributed by atoms with Crippen LogP contribution in [0.5, 0.6) is 0 Å². The molecule has 1 unspecified atom stereocenters. The van der Waals surface area contributed by atoms with Gasteiger partial charge >= 0.3 is 0 Å². The van der Waals surface area contributed by atoms with Crippen LogP contribution >= 0.6 is 0 Å². The van der Waals surface area contributed by atoms with Crippen molar-refractivity contribution in [3.63, 3.8) is 0 Å². The van der Waals surface area contributed by atoms with Crippen LogP contribution < -0.4 is 5.32 Å². The van der Waals surface area contributed by atoms with E-state index in [-0.39, 0.29) is 6.10 Å². The largest absolute Gasteiger partial charge is 0.382 e. The Morgan fingerprint density at radius 2 is 2.26 bits per heavy atom. The van der Waals surface area contributed by atoms with Crippen molar-refractivity contribution >= 4 is 0 Å². The van der Waals surface area contributed by atoms with E-state index in [4.69, 9.17) is 14.5 Å². The van der Waals surface area contributed by atoms with Crippen molar-refractivity contribution in [2.24, 2.45) is 0 Å². The average Bonchev–Trinajstić information content (AvgIpc) is 3.22. The van der Waals surface area contributed by atoms with Crippen LogP contribution in [0.3, 0.4) is 0 Å². The lowest BCUT2D eigenvalue weighted by Crippen LogP contribution is -2.29. The molecular formula is C14H23N3O2. The molecule has 2 heterocycles. The predicted molar refractivity (Wildman–Crippen MR) is 72.3 cm³/mol. The van der Waals surface area contributed by atoms with E-state index >= 15 is 0 Å². The molecule has 19 heavy (non-hydrogen) atoms. The molecule has 1 aliphatic carbocycles. The fourth-order valence-electron chi connectivity index (χ4n) is 2.83. The van der Waals surface area contributed by atoms with E-state index in [0.29, 0.717) is 12.5 Å². The van der Waals surface area contributed by atoms with Gasteiger partial charge < -0.3 is 19.4 Å². The first-order valence-electron chi connectivity index (χ1n) is 7.14. The Hall–Kier alpha value is -0.910. The van der Waals surface area contributed by atoms with Gasteiger partial charge in [0, 0.05) is 45.3 Å². The zero-order chi connectivity index (χ0) is 13.2. The summed E-state index contributed by atoms with van der Waals surface area (Å²) in [7, 11) is 3.48. The van der Waals surface area contributed by atoms with Crippen LogP contribution in [0.4, 0.5) is 0 Å². The van der Waals surface area contributed by atoms with Gasteiger partial charge in [0.05, 0.1) is 24.9 Å². The first kappa shape index (κ1) is 13.1. The highest BCUT2D eigenvalue weighted by molar-refractivity contribution is 5.24. The molecule has 106 valence electrons. The van der Waals surface area contributed by atoms with Crippen LogP contribution in [0.1, 0.15) is 36.0 Å². The van der Waals surface area contributed by atoms with E-state index in [0.717, 1.165) is 26.1 Å². The van der Waals surface area contributed by atoms with Gasteiger partial charge in [-0.15, -0.1) is 0 Å². The number of aromatic nitrogens is 2. The Morgan fingerprint density at radius 3 is 2.95 bits per heavy atom. The highest BCUT2D eigenvalue weighted by Crippen LogP contribution is 2.40. The molecule has 0 radical (unpaired) electrons. The van der Waals surface area contributed by atoms with Crippen LogP contribution in [0.15, 0.2) is 0 Å². The molecule has 1 aliphatic heterocycles. The fourth-order valence-corrected chi connectivity index (χ4v) is 2.83. The molecule has 1 atom stereocenters. The quantitative estimate of drug-likeness (QED) is 0.836. The third kappa shape index (κ3) is 2.68. The lowest BCUT2D eigenvalue weighted by atomic mass is 10.2. The summed E-state index contributed by atoms with van der Waals surface area (Å²) in [5, 5.41) is 3.40. The Kier molecular flexibility index (Phi) is 3.86. The summed E-state index contributed by atoms with van der Waals surface area (Å²) in [5.74, 6) is 1.94. The van der Waals surface area contributed by atoms with Crippen molar-refractivity contribution in [3.8, 4) is 0 Å². The highest BCUT2D eigenvalue weighted by atomic mass is 16.5. The number of nitrogens with one attached hydrogen (secondary N) is 1. The number of imidazole rings is 1. The van der Waals surface area contributed by atoms with E-state index in [9.17, 15) is 0 Å². The molecule has 0 amide bonds. The maximum Gasteiger partial charge on any atom is 0.112 e. The molecule has 5 heteroatoms. The lowest BCUT2D eigenvalue weighted by molar-refractivity contribution is 0.0174. The lowest BCUT2D eigenvalue weighted by Gasteiger charge is -2.20. The summed E-state index contributed by atoms with van der Waals surface area (Å²) >= 11 is 0. The molecule has 0 saturated heterocycles. The number of hydrogen-bond donors (Lipinski definition) is 1. The third-order valence-corrected chi connectivity index (χ3v) is 4.03. The van der Waals surface area contributed by atoms with Gasteiger partial charge in [0.25, 0.3) is 0 Å². The number of methoxy groups -OCH3 is 2. The summed E-state index contributed by atoms with van der Waals surface area (Å²) < 4.78 is 13.2. The maximum absolute atomic E-state index is 5.52. The number of ether oxygens (including phenoxy) is 2. The van der Waals surface area contributed by atoms with E-state index in [2.05, 4.69) is 9.88 Å². The summed E-state index contributed by atoms with van der Waals surface area (Å²) in [4.78, 5) is 4.86. The monoisotopic (exact) mass is 265 g/mol. The van der Waals surface area contributed by atoms with Gasteiger partial charge in [0.2, 0.25) is 0 Å². The van der Waals surface area contributed by atoms with Gasteiger partial charge in [0.15, 0.2) is 0 Å². The van der Waals surface area contributed by atoms with Crippen LogP contribution in [0.25, 0.3) is 0 Å². The highest BCUT2D eigenvalue weighted by Gasteiger charge is 2.32. The molecule has 0 aromatic carbocycles. The number of fused-ring (bicyclic) bond motifs is 1. The SMILES string of the molecule is COCC(Cn1c(C2CC2)nc2c1CCNC2)OC. The summed E-state index contributed by atoms with van der Waals surface area (Å²) in [6.45, 7) is 3.44. The molecule has 0 bridgehead atoms. The van der Waals surface area contributed by atoms with Gasteiger partial charge in [-0.3, -0.25) is 0 Å². The first-order valence-corrected chi connectivity index (χ1v) is 7.14. The standard InChI is InChI=1S/C14H23N3O2/c1-18-9-11(19-2)8-17-13-5-6-15-7-12(13)16-14(17)10-3-4-10/h10-11,15H,3-9H2,1-2H3. The Bertz CT molecular complexity index is 440. The van der Waals surface area contributed by atoms with E-state index < -0.39 is 0 Å². The number of rotatable bonds is 6. The summed E-state index contributed by atoms with van der Waals surface area (Å²) in [6.07, 6.45) is 3.74. The summed E-state index contributed by atoms with van der Waals surface area (Å²) in [6, 6.07) is 0. The molecule has 1 aromatic heterocycles. The molecule has 1 N–H and O–H groups in total. The minimum absolute atomic E-state index is 0.107. The number of hydrogen-bond acceptors (Lipinski definition) is 4. The second-order valence-electron chi connectivity index (χ2n) is 5.49. The fraction of sp³-hybridized carbons (Fsp3) is 0.786. The van der Waals surface area contributed by atoms with Crippen molar-refractivity contribution in [2.75, 3.05) is 27.4 Å². The second kappa shape index (κ2) is 5.61. The number of nitrogens with zero attached hydrogens (tertiary/aromatic N) is 2. The minimum Gasteiger partial charge on any atom is -0.382 e. The Morgan fingerprint density at radius 1 is 1.42 bits per heavy atom. The van der Waals surface area contributed by atoms with Crippen molar-refractivity contribution < 1.29 is 9.47 Å². The van der Waals surface area contributed by atoms with Gasteiger partial charge in [-0.1, -0.05) is 0 Å². The molecule has 1 aromatic rings. The molecule has 1 saturated carbocycles. The normalized spacial score (nSPS) is 20.3. The van der Waals surface area contributed by atoms with Crippen LogP contribution in [0, 0.1) is 0 Å². The molecule has 3 rings (SSSR count). The van der Waals surface area contributed by atoms with Crippen molar-refractivity contribution in [1.82, 2.24) is 14.9 Å². The van der Waals surface area contributed by atoms with Gasteiger partial charge in [-0.25, -0.2) is 4.98 Å². The van der Waals surface area contributed by atoms with E-state index in [1.807, 2.05) is 0 Å². The second-order valence-corrected chi connectivity index (χ2v) is 5.49. The Labute approximate surface area is 114 Å². The van der Waals surface area contributed by atoms with E-state index in [1.165, 1.54) is 30.1 Å². The zero-order valence-electron chi connectivity index (χ0n) is 11.8. The Balaban J connectivity index is 1.86. The van der Waals surface area contributed by atoms with Crippen LogP contribution in [-0.4, -0.2) is 43.0 Å². The maximum atomic E-state index is 5.52. The predicted octanol–water partition coefficient (Wildman–Crippen LogP) is 1.07.